The third-order valence-electron chi connectivity index (χ3n) is 4.57. The molecule has 0 spiro atoms. The van der Waals surface area contributed by atoms with Crippen molar-refractivity contribution in [2.45, 2.75) is 18.9 Å². The van der Waals surface area contributed by atoms with Gasteiger partial charge in [0.05, 0.1) is 6.04 Å². The molecule has 5 heteroatoms. The Kier molecular flexibility index (Phi) is 4.29. The summed E-state index contributed by atoms with van der Waals surface area (Å²) in [7, 11) is 0. The fraction of sp³-hybridized carbons (Fsp3) is 0.250. The summed E-state index contributed by atoms with van der Waals surface area (Å²) in [5.74, 6) is 0.917. The summed E-state index contributed by atoms with van der Waals surface area (Å²) in [6.45, 7) is 1.10. The Labute approximate surface area is 146 Å². The van der Waals surface area contributed by atoms with E-state index in [0.717, 1.165) is 29.7 Å². The highest BCUT2D eigenvalue weighted by Gasteiger charge is 2.20. The molecule has 3 aromatic rings. The van der Waals surface area contributed by atoms with Crippen LogP contribution in [0.1, 0.15) is 11.1 Å². The number of nitrogens with one attached hydrogen (secondary N) is 3. The number of hydrogen-bond donors (Lipinski definition) is 3. The van der Waals surface area contributed by atoms with Crippen molar-refractivity contribution in [3.05, 3.63) is 65.9 Å². The van der Waals surface area contributed by atoms with Gasteiger partial charge in [-0.25, -0.2) is 4.79 Å². The van der Waals surface area contributed by atoms with Crippen molar-refractivity contribution < 1.29 is 9.53 Å². The molecule has 4 rings (SSSR count). The van der Waals surface area contributed by atoms with Crippen LogP contribution in [0, 0.1) is 0 Å². The molecule has 0 saturated carbocycles. The van der Waals surface area contributed by atoms with Crippen LogP contribution in [0.15, 0.2) is 54.7 Å². The number of benzene rings is 2. The number of para-hydroxylation sites is 2. The largest absolute Gasteiger partial charge is 0.491 e. The molecule has 3 N–H and O–H groups in total. The third-order valence-corrected chi connectivity index (χ3v) is 4.57. The zero-order valence-electron chi connectivity index (χ0n) is 13.9. The molecule has 5 nitrogen and oxygen atoms in total. The summed E-state index contributed by atoms with van der Waals surface area (Å²) in [6.07, 6.45) is 3.60. The van der Waals surface area contributed by atoms with Crippen LogP contribution in [0.2, 0.25) is 0 Å². The molecule has 2 aromatic carbocycles. The van der Waals surface area contributed by atoms with E-state index >= 15 is 0 Å². The molecule has 2 heterocycles. The average molecular weight is 335 g/mol. The van der Waals surface area contributed by atoms with Crippen LogP contribution >= 0.6 is 0 Å². The predicted octanol–water partition coefficient (Wildman–Crippen LogP) is 3.01. The fourth-order valence-corrected chi connectivity index (χ4v) is 3.31. The Balaban J connectivity index is 1.27. The normalized spacial score (nSPS) is 16.1. The van der Waals surface area contributed by atoms with E-state index in [2.05, 4.69) is 27.8 Å². The highest BCUT2D eigenvalue weighted by Crippen LogP contribution is 2.23. The lowest BCUT2D eigenvalue weighted by molar-refractivity contribution is 0.214. The molecule has 0 radical (unpaired) electrons. The minimum Gasteiger partial charge on any atom is -0.491 e. The van der Waals surface area contributed by atoms with E-state index in [1.165, 1.54) is 10.9 Å². The first kappa shape index (κ1) is 15.6. The number of fused-ring (bicyclic) bond motifs is 2. The van der Waals surface area contributed by atoms with E-state index in [4.69, 9.17) is 4.74 Å². The van der Waals surface area contributed by atoms with E-state index in [9.17, 15) is 4.79 Å². The van der Waals surface area contributed by atoms with Gasteiger partial charge in [-0.1, -0.05) is 36.4 Å². The first-order chi connectivity index (χ1) is 12.3. The lowest BCUT2D eigenvalue weighted by Crippen LogP contribution is -2.47. The van der Waals surface area contributed by atoms with E-state index in [1.54, 1.807) is 0 Å². The minimum absolute atomic E-state index is 0.00277. The van der Waals surface area contributed by atoms with Gasteiger partial charge in [0.1, 0.15) is 12.4 Å². The Bertz CT molecular complexity index is 887. The van der Waals surface area contributed by atoms with Gasteiger partial charge in [-0.2, -0.15) is 0 Å². The number of rotatable bonds is 4. The molecule has 1 unspecified atom stereocenters. The molecule has 1 aromatic heterocycles. The summed E-state index contributed by atoms with van der Waals surface area (Å²) >= 11 is 0. The molecule has 0 aliphatic carbocycles. The summed E-state index contributed by atoms with van der Waals surface area (Å²) in [4.78, 5) is 15.4. The number of ether oxygens (including phenoxy) is 1. The monoisotopic (exact) mass is 335 g/mol. The number of carbonyl (C=O) groups excluding carboxylic acids is 1. The Morgan fingerprint density at radius 3 is 2.96 bits per heavy atom. The third kappa shape index (κ3) is 3.45. The van der Waals surface area contributed by atoms with Crippen molar-refractivity contribution in [1.29, 1.82) is 0 Å². The Hall–Kier alpha value is -2.95. The number of aromatic nitrogens is 1. The molecular weight excluding hydrogens is 314 g/mol. The molecule has 25 heavy (non-hydrogen) atoms. The zero-order chi connectivity index (χ0) is 17.1. The molecule has 2 amide bonds. The second-order valence-corrected chi connectivity index (χ2v) is 6.33. The highest BCUT2D eigenvalue weighted by molar-refractivity contribution is 5.83. The van der Waals surface area contributed by atoms with Gasteiger partial charge in [0, 0.05) is 23.6 Å². The summed E-state index contributed by atoms with van der Waals surface area (Å²) in [6, 6.07) is 16.0. The van der Waals surface area contributed by atoms with Gasteiger partial charge in [0.25, 0.3) is 0 Å². The van der Waals surface area contributed by atoms with E-state index in [0.29, 0.717) is 13.2 Å². The van der Waals surface area contributed by atoms with E-state index in [-0.39, 0.29) is 12.1 Å². The molecule has 1 aliphatic rings. The maximum atomic E-state index is 12.1. The van der Waals surface area contributed by atoms with Gasteiger partial charge >= 0.3 is 6.03 Å². The maximum absolute atomic E-state index is 12.1. The molecule has 0 saturated heterocycles. The van der Waals surface area contributed by atoms with Crippen LogP contribution in [0.25, 0.3) is 10.9 Å². The van der Waals surface area contributed by atoms with Gasteiger partial charge in [0.15, 0.2) is 0 Å². The molecular formula is C20H21N3O2. The number of carbonyl (C=O) groups is 1. The second-order valence-electron chi connectivity index (χ2n) is 6.33. The lowest BCUT2D eigenvalue weighted by Gasteiger charge is -2.26. The highest BCUT2D eigenvalue weighted by atomic mass is 16.5. The quantitative estimate of drug-likeness (QED) is 0.686. The lowest BCUT2D eigenvalue weighted by atomic mass is 10.0. The first-order valence-corrected chi connectivity index (χ1v) is 8.59. The van der Waals surface area contributed by atoms with Crippen LogP contribution in [0.5, 0.6) is 5.75 Å². The van der Waals surface area contributed by atoms with Crippen molar-refractivity contribution in [3.63, 3.8) is 0 Å². The number of aromatic amines is 1. The number of urea groups is 1. The van der Waals surface area contributed by atoms with Crippen LogP contribution in [0.3, 0.4) is 0 Å². The molecule has 0 fully saturated rings. The van der Waals surface area contributed by atoms with Crippen LogP contribution < -0.4 is 15.4 Å². The zero-order valence-corrected chi connectivity index (χ0v) is 13.9. The SMILES string of the molecule is O=C(NCCc1c[nH]c2ccccc12)NC1COc2ccccc2C1. The maximum Gasteiger partial charge on any atom is 0.315 e. The standard InChI is InChI=1S/C20H21N3O2/c24-20(23-16-11-14-5-1-4-8-19(14)25-13-16)21-10-9-15-12-22-18-7-3-2-6-17(15)18/h1-8,12,16,22H,9-11,13H2,(H2,21,23,24). The topological polar surface area (TPSA) is 66.2 Å². The number of hydrogen-bond acceptors (Lipinski definition) is 2. The number of amides is 2. The number of H-pyrrole nitrogens is 1. The van der Waals surface area contributed by atoms with E-state index < -0.39 is 0 Å². The molecule has 128 valence electrons. The van der Waals surface area contributed by atoms with Gasteiger partial charge in [-0.3, -0.25) is 0 Å². The van der Waals surface area contributed by atoms with Gasteiger partial charge in [-0.05, 0) is 36.1 Å². The van der Waals surface area contributed by atoms with E-state index in [1.807, 2.05) is 42.6 Å². The molecule has 0 bridgehead atoms. The van der Waals surface area contributed by atoms with Gasteiger partial charge in [-0.15, -0.1) is 0 Å². The van der Waals surface area contributed by atoms with Crippen molar-refractivity contribution in [2.75, 3.05) is 13.2 Å². The van der Waals surface area contributed by atoms with Crippen molar-refractivity contribution in [1.82, 2.24) is 15.6 Å². The van der Waals surface area contributed by atoms with Crippen molar-refractivity contribution >= 4 is 16.9 Å². The predicted molar refractivity (Wildman–Crippen MR) is 98.0 cm³/mol. The first-order valence-electron chi connectivity index (χ1n) is 8.59. The minimum atomic E-state index is -0.146. The smallest absolute Gasteiger partial charge is 0.315 e. The average Bonchev–Trinajstić information content (AvgIpc) is 3.05. The summed E-state index contributed by atoms with van der Waals surface area (Å²) in [5.41, 5.74) is 3.48. The van der Waals surface area contributed by atoms with Gasteiger partial charge in [0.2, 0.25) is 0 Å². The van der Waals surface area contributed by atoms with Crippen LogP contribution in [-0.4, -0.2) is 30.2 Å². The summed E-state index contributed by atoms with van der Waals surface area (Å²) in [5, 5.41) is 7.14. The van der Waals surface area contributed by atoms with Crippen LogP contribution in [-0.2, 0) is 12.8 Å². The van der Waals surface area contributed by atoms with Crippen LogP contribution in [0.4, 0.5) is 4.79 Å². The Morgan fingerprint density at radius 1 is 1.16 bits per heavy atom. The summed E-state index contributed by atoms with van der Waals surface area (Å²) < 4.78 is 5.70. The molecule has 1 atom stereocenters. The second kappa shape index (κ2) is 6.89. The molecule has 1 aliphatic heterocycles. The fourth-order valence-electron chi connectivity index (χ4n) is 3.31. The van der Waals surface area contributed by atoms with Gasteiger partial charge < -0.3 is 20.4 Å². The van der Waals surface area contributed by atoms with Crippen molar-refractivity contribution in [2.24, 2.45) is 0 Å². The Morgan fingerprint density at radius 2 is 2.00 bits per heavy atom. The van der Waals surface area contributed by atoms with Crippen molar-refractivity contribution in [3.8, 4) is 5.75 Å².